The Labute approximate surface area is 147 Å². The van der Waals surface area contributed by atoms with Crippen LogP contribution < -0.4 is 0 Å². The van der Waals surface area contributed by atoms with Gasteiger partial charge in [0.2, 0.25) is 0 Å². The van der Waals surface area contributed by atoms with Gasteiger partial charge in [-0.1, -0.05) is 72.9 Å². The van der Waals surface area contributed by atoms with E-state index in [2.05, 4.69) is 92.8 Å². The van der Waals surface area contributed by atoms with Crippen molar-refractivity contribution < 1.29 is 0 Å². The van der Waals surface area contributed by atoms with Crippen LogP contribution in [0.1, 0.15) is 34.6 Å². The fraction of sp³-hybridized carbons (Fsp3) is 0.350. The highest BCUT2D eigenvalue weighted by molar-refractivity contribution is 14.1. The van der Waals surface area contributed by atoms with E-state index in [1.165, 1.54) is 22.3 Å². The highest BCUT2D eigenvalue weighted by atomic mass is 127. The summed E-state index contributed by atoms with van der Waals surface area (Å²) in [6, 6.07) is 2.19. The SMILES string of the molecule is C/C=C1/C2=C(C=CC(C)(I)C=C2)C(C)(C)/C1=C/C=C(\C)C#N. The predicted octanol–water partition coefficient (Wildman–Crippen LogP) is 5.99. The standard InChI is InChI=1S/C20H22IN/c1-6-15-16-9-11-20(5,21)12-10-18(16)19(3,4)17(15)8-7-14(2)13-22/h6-12H,1-5H3/b14-7+,15-6-,17-8+. The second-order valence-corrected chi connectivity index (χ2v) is 8.84. The van der Waals surface area contributed by atoms with Crippen molar-refractivity contribution in [3.8, 4) is 6.07 Å². The van der Waals surface area contributed by atoms with Crippen molar-refractivity contribution in [1.29, 1.82) is 5.26 Å². The highest BCUT2D eigenvalue weighted by Crippen LogP contribution is 2.52. The molecule has 0 radical (unpaired) electrons. The lowest BCUT2D eigenvalue weighted by Gasteiger charge is -2.24. The predicted molar refractivity (Wildman–Crippen MR) is 103 cm³/mol. The van der Waals surface area contributed by atoms with Crippen molar-refractivity contribution in [2.24, 2.45) is 5.41 Å². The quantitative estimate of drug-likeness (QED) is 0.300. The monoisotopic (exact) mass is 403 g/mol. The molecule has 0 fully saturated rings. The minimum absolute atomic E-state index is 0.0538. The number of nitrogens with zero attached hydrogens (tertiary/aromatic N) is 1. The second-order valence-electron chi connectivity index (χ2n) is 6.51. The minimum atomic E-state index is -0.0543. The zero-order valence-corrected chi connectivity index (χ0v) is 16.0. The maximum absolute atomic E-state index is 8.97. The Hall–Kier alpha value is -1.34. The van der Waals surface area contributed by atoms with E-state index in [0.29, 0.717) is 0 Å². The minimum Gasteiger partial charge on any atom is -0.193 e. The molecule has 0 heterocycles. The Morgan fingerprint density at radius 2 is 1.86 bits per heavy atom. The lowest BCUT2D eigenvalue weighted by atomic mass is 9.80. The molecule has 0 aromatic heterocycles. The van der Waals surface area contributed by atoms with E-state index in [0.717, 1.165) is 5.57 Å². The number of hydrogen-bond donors (Lipinski definition) is 0. The van der Waals surface area contributed by atoms with E-state index in [1.54, 1.807) is 0 Å². The van der Waals surface area contributed by atoms with Gasteiger partial charge >= 0.3 is 0 Å². The summed E-state index contributed by atoms with van der Waals surface area (Å²) in [5.41, 5.74) is 5.89. The lowest BCUT2D eigenvalue weighted by Crippen LogP contribution is -2.13. The molecule has 22 heavy (non-hydrogen) atoms. The topological polar surface area (TPSA) is 23.8 Å². The van der Waals surface area contributed by atoms with E-state index < -0.39 is 0 Å². The van der Waals surface area contributed by atoms with E-state index in [4.69, 9.17) is 5.26 Å². The summed E-state index contributed by atoms with van der Waals surface area (Å²) in [6.45, 7) is 10.7. The average molecular weight is 403 g/mol. The third-order valence-corrected chi connectivity index (χ3v) is 5.05. The third-order valence-electron chi connectivity index (χ3n) is 4.33. The first kappa shape index (κ1) is 17.0. The molecule has 0 saturated heterocycles. The van der Waals surface area contributed by atoms with Crippen LogP contribution in [0.4, 0.5) is 0 Å². The van der Waals surface area contributed by atoms with E-state index in [1.807, 2.05) is 13.0 Å². The molecule has 0 aromatic rings. The van der Waals surface area contributed by atoms with E-state index >= 15 is 0 Å². The van der Waals surface area contributed by atoms with Crippen molar-refractivity contribution in [2.75, 3.05) is 0 Å². The molecule has 2 heteroatoms. The molecule has 2 aliphatic carbocycles. The van der Waals surface area contributed by atoms with Gasteiger partial charge in [0.25, 0.3) is 0 Å². The summed E-state index contributed by atoms with van der Waals surface area (Å²) >= 11 is 2.46. The summed E-state index contributed by atoms with van der Waals surface area (Å²) in [6.07, 6.45) is 15.2. The molecule has 114 valence electrons. The van der Waals surface area contributed by atoms with Gasteiger partial charge in [-0.25, -0.2) is 0 Å². The molecule has 0 N–H and O–H groups in total. The van der Waals surface area contributed by atoms with Crippen LogP contribution in [-0.2, 0) is 0 Å². The number of hydrogen-bond acceptors (Lipinski definition) is 1. The van der Waals surface area contributed by atoms with Crippen LogP contribution in [0, 0.1) is 16.7 Å². The molecule has 1 atom stereocenters. The first-order valence-corrected chi connectivity index (χ1v) is 8.59. The molecular formula is C20H22IN. The van der Waals surface area contributed by atoms with Crippen molar-refractivity contribution >= 4 is 22.6 Å². The van der Waals surface area contributed by atoms with Gasteiger partial charge in [-0.05, 0) is 49.1 Å². The molecule has 0 saturated carbocycles. The second kappa shape index (κ2) is 6.04. The molecule has 1 nitrogen and oxygen atoms in total. The average Bonchev–Trinajstić information content (AvgIpc) is 2.55. The number of rotatable bonds is 1. The van der Waals surface area contributed by atoms with Gasteiger partial charge in [-0.2, -0.15) is 5.26 Å². The maximum Gasteiger partial charge on any atom is 0.0944 e. The van der Waals surface area contributed by atoms with Gasteiger partial charge in [0.05, 0.1) is 9.49 Å². The first-order chi connectivity index (χ1) is 10.2. The fourth-order valence-corrected chi connectivity index (χ4v) is 3.35. The Morgan fingerprint density at radius 1 is 1.23 bits per heavy atom. The van der Waals surface area contributed by atoms with Gasteiger partial charge in [-0.15, -0.1) is 0 Å². The van der Waals surface area contributed by atoms with E-state index in [-0.39, 0.29) is 8.84 Å². The summed E-state index contributed by atoms with van der Waals surface area (Å²) < 4.78 is 0.0538. The Kier molecular flexibility index (Phi) is 4.67. The molecule has 0 amide bonds. The number of halogens is 1. The van der Waals surface area contributed by atoms with Gasteiger partial charge in [-0.3, -0.25) is 0 Å². The summed E-state index contributed by atoms with van der Waals surface area (Å²) in [4.78, 5) is 0. The Morgan fingerprint density at radius 3 is 2.45 bits per heavy atom. The number of nitriles is 1. The van der Waals surface area contributed by atoms with Crippen LogP contribution in [0.3, 0.4) is 0 Å². The van der Waals surface area contributed by atoms with Crippen molar-refractivity contribution in [3.05, 3.63) is 70.4 Å². The molecule has 2 rings (SSSR count). The van der Waals surface area contributed by atoms with E-state index in [9.17, 15) is 0 Å². The zero-order chi connectivity index (χ0) is 16.5. The van der Waals surface area contributed by atoms with Crippen LogP contribution in [0.2, 0.25) is 0 Å². The van der Waals surface area contributed by atoms with Gasteiger partial charge in [0.1, 0.15) is 0 Å². The first-order valence-electron chi connectivity index (χ1n) is 7.51. The molecular weight excluding hydrogens is 381 g/mol. The molecule has 0 aliphatic heterocycles. The van der Waals surface area contributed by atoms with Crippen molar-refractivity contribution in [3.63, 3.8) is 0 Å². The van der Waals surface area contributed by atoms with Crippen LogP contribution >= 0.6 is 22.6 Å². The zero-order valence-electron chi connectivity index (χ0n) is 13.9. The summed E-state index contributed by atoms with van der Waals surface area (Å²) in [5.74, 6) is 0. The van der Waals surface area contributed by atoms with Gasteiger partial charge in [0, 0.05) is 11.0 Å². The van der Waals surface area contributed by atoms with Gasteiger partial charge < -0.3 is 0 Å². The smallest absolute Gasteiger partial charge is 0.0944 e. The largest absolute Gasteiger partial charge is 0.193 e. The highest BCUT2D eigenvalue weighted by Gasteiger charge is 2.38. The van der Waals surface area contributed by atoms with Crippen LogP contribution in [0.25, 0.3) is 0 Å². The maximum atomic E-state index is 8.97. The van der Waals surface area contributed by atoms with Crippen molar-refractivity contribution in [1.82, 2.24) is 0 Å². The molecule has 0 aromatic carbocycles. The number of alkyl halides is 1. The number of allylic oxidation sites excluding steroid dienone is 12. The van der Waals surface area contributed by atoms with Gasteiger partial charge in [0.15, 0.2) is 0 Å². The van der Waals surface area contributed by atoms with Crippen LogP contribution in [0.15, 0.2) is 70.4 Å². The van der Waals surface area contributed by atoms with Crippen LogP contribution in [-0.4, -0.2) is 3.42 Å². The molecule has 0 bridgehead atoms. The molecule has 1 unspecified atom stereocenters. The fourth-order valence-electron chi connectivity index (χ4n) is 2.99. The normalized spacial score (nSPS) is 30.7. The Balaban J connectivity index is 2.60. The third kappa shape index (κ3) is 3.05. The molecule has 2 aliphatic rings. The summed E-state index contributed by atoms with van der Waals surface area (Å²) in [5, 5.41) is 8.97. The lowest BCUT2D eigenvalue weighted by molar-refractivity contribution is 0.578. The summed E-state index contributed by atoms with van der Waals surface area (Å²) in [7, 11) is 0. The van der Waals surface area contributed by atoms with Crippen molar-refractivity contribution in [2.45, 2.75) is 38.0 Å². The molecule has 0 spiro atoms. The van der Waals surface area contributed by atoms with Crippen LogP contribution in [0.5, 0.6) is 0 Å². The Bertz CT molecular complexity index is 713.